The van der Waals surface area contributed by atoms with Gasteiger partial charge in [0.1, 0.15) is 5.75 Å². The maximum absolute atomic E-state index is 11.4. The number of benzene rings is 1. The number of hydrogen-bond acceptors (Lipinski definition) is 4. The number of para-hydroxylation sites is 1. The molecule has 1 aromatic carbocycles. The summed E-state index contributed by atoms with van der Waals surface area (Å²) in [5.41, 5.74) is 0. The monoisotopic (exact) mass is 252 g/mol. The van der Waals surface area contributed by atoms with Gasteiger partial charge in [0.05, 0.1) is 6.10 Å². The van der Waals surface area contributed by atoms with E-state index in [2.05, 4.69) is 10.6 Å². The summed E-state index contributed by atoms with van der Waals surface area (Å²) in [5.74, 6) is 0.526. The van der Waals surface area contributed by atoms with Crippen molar-refractivity contribution in [3.05, 3.63) is 30.3 Å². The van der Waals surface area contributed by atoms with Crippen molar-refractivity contribution >= 4 is 5.91 Å². The molecule has 1 atom stereocenters. The van der Waals surface area contributed by atoms with Gasteiger partial charge in [-0.05, 0) is 19.1 Å². The second kappa shape index (κ2) is 8.49. The SMILES string of the molecule is CC(O)CNCCNC(=O)COc1ccccc1. The Bertz CT molecular complexity index is 341. The highest BCUT2D eigenvalue weighted by Gasteiger charge is 2.01. The third-order valence-corrected chi connectivity index (χ3v) is 2.18. The number of ether oxygens (including phenoxy) is 1. The van der Waals surface area contributed by atoms with Gasteiger partial charge in [0, 0.05) is 19.6 Å². The zero-order chi connectivity index (χ0) is 13.2. The lowest BCUT2D eigenvalue weighted by molar-refractivity contribution is -0.123. The predicted molar refractivity (Wildman–Crippen MR) is 69.5 cm³/mol. The number of amides is 1. The van der Waals surface area contributed by atoms with Crippen molar-refractivity contribution in [2.75, 3.05) is 26.2 Å². The van der Waals surface area contributed by atoms with Crippen molar-refractivity contribution in [1.82, 2.24) is 10.6 Å². The van der Waals surface area contributed by atoms with Gasteiger partial charge in [-0.3, -0.25) is 4.79 Å². The lowest BCUT2D eigenvalue weighted by atomic mass is 10.3. The summed E-state index contributed by atoms with van der Waals surface area (Å²) >= 11 is 0. The summed E-state index contributed by atoms with van der Waals surface area (Å²) < 4.78 is 5.29. The molecule has 1 aromatic rings. The quantitative estimate of drug-likeness (QED) is 0.576. The van der Waals surface area contributed by atoms with Crippen molar-refractivity contribution in [2.24, 2.45) is 0 Å². The Labute approximate surface area is 107 Å². The second-order valence-corrected chi connectivity index (χ2v) is 4.00. The van der Waals surface area contributed by atoms with Crippen molar-refractivity contribution < 1.29 is 14.6 Å². The molecule has 0 heterocycles. The minimum atomic E-state index is -0.373. The Balaban J connectivity index is 2.04. The maximum Gasteiger partial charge on any atom is 0.257 e. The predicted octanol–water partition coefficient (Wildman–Crippen LogP) is 0.152. The van der Waals surface area contributed by atoms with Gasteiger partial charge in [-0.1, -0.05) is 18.2 Å². The molecule has 5 nitrogen and oxygen atoms in total. The van der Waals surface area contributed by atoms with Crippen LogP contribution < -0.4 is 15.4 Å². The number of carbonyl (C=O) groups is 1. The van der Waals surface area contributed by atoms with E-state index < -0.39 is 0 Å². The van der Waals surface area contributed by atoms with Gasteiger partial charge in [0.2, 0.25) is 0 Å². The van der Waals surface area contributed by atoms with Crippen LogP contribution in [0.25, 0.3) is 0 Å². The average molecular weight is 252 g/mol. The molecule has 0 aromatic heterocycles. The van der Waals surface area contributed by atoms with E-state index in [1.165, 1.54) is 0 Å². The molecular formula is C13H20N2O3. The first kappa shape index (κ1) is 14.5. The van der Waals surface area contributed by atoms with Crippen LogP contribution in [0.2, 0.25) is 0 Å². The normalized spacial score (nSPS) is 11.9. The minimum absolute atomic E-state index is 0.0143. The number of rotatable bonds is 8. The van der Waals surface area contributed by atoms with E-state index in [1.807, 2.05) is 18.2 Å². The van der Waals surface area contributed by atoms with Crippen molar-refractivity contribution in [3.8, 4) is 5.75 Å². The van der Waals surface area contributed by atoms with E-state index in [-0.39, 0.29) is 18.6 Å². The van der Waals surface area contributed by atoms with Crippen LogP contribution in [0.5, 0.6) is 5.75 Å². The van der Waals surface area contributed by atoms with E-state index in [9.17, 15) is 4.79 Å². The average Bonchev–Trinajstić information content (AvgIpc) is 2.37. The van der Waals surface area contributed by atoms with Gasteiger partial charge >= 0.3 is 0 Å². The number of carbonyl (C=O) groups excluding carboxylic acids is 1. The molecular weight excluding hydrogens is 232 g/mol. The Morgan fingerprint density at radius 2 is 2.06 bits per heavy atom. The lowest BCUT2D eigenvalue weighted by Crippen LogP contribution is -2.36. The number of hydrogen-bond donors (Lipinski definition) is 3. The second-order valence-electron chi connectivity index (χ2n) is 4.00. The third-order valence-electron chi connectivity index (χ3n) is 2.18. The van der Waals surface area contributed by atoms with Gasteiger partial charge in [-0.25, -0.2) is 0 Å². The highest BCUT2D eigenvalue weighted by atomic mass is 16.5. The van der Waals surface area contributed by atoms with Crippen LogP contribution in [0.3, 0.4) is 0 Å². The smallest absolute Gasteiger partial charge is 0.257 e. The van der Waals surface area contributed by atoms with Crippen LogP contribution >= 0.6 is 0 Å². The largest absolute Gasteiger partial charge is 0.484 e. The Morgan fingerprint density at radius 1 is 1.33 bits per heavy atom. The summed E-state index contributed by atoms with van der Waals surface area (Å²) in [6.07, 6.45) is -0.373. The topological polar surface area (TPSA) is 70.6 Å². The van der Waals surface area contributed by atoms with Crippen LogP contribution in [0, 0.1) is 0 Å². The van der Waals surface area contributed by atoms with Gasteiger partial charge in [-0.15, -0.1) is 0 Å². The third kappa shape index (κ3) is 6.88. The molecule has 0 bridgehead atoms. The standard InChI is InChI=1S/C13H20N2O3/c1-11(16)9-14-7-8-15-13(17)10-18-12-5-3-2-4-6-12/h2-6,11,14,16H,7-10H2,1H3,(H,15,17). The summed E-state index contributed by atoms with van der Waals surface area (Å²) in [5, 5.41) is 14.7. The molecule has 0 saturated heterocycles. The molecule has 0 fully saturated rings. The van der Waals surface area contributed by atoms with E-state index >= 15 is 0 Å². The minimum Gasteiger partial charge on any atom is -0.484 e. The molecule has 1 rings (SSSR count). The fourth-order valence-corrected chi connectivity index (χ4v) is 1.32. The van der Waals surface area contributed by atoms with Crippen LogP contribution in [-0.2, 0) is 4.79 Å². The Morgan fingerprint density at radius 3 is 2.72 bits per heavy atom. The van der Waals surface area contributed by atoms with E-state index in [1.54, 1.807) is 19.1 Å². The molecule has 1 unspecified atom stereocenters. The van der Waals surface area contributed by atoms with Gasteiger partial charge in [0.25, 0.3) is 5.91 Å². The van der Waals surface area contributed by atoms with Crippen LogP contribution in [0.4, 0.5) is 0 Å². The van der Waals surface area contributed by atoms with E-state index in [4.69, 9.17) is 9.84 Å². The molecule has 0 aliphatic rings. The summed E-state index contributed by atoms with van der Waals surface area (Å²) in [7, 11) is 0. The van der Waals surface area contributed by atoms with Crippen molar-refractivity contribution in [2.45, 2.75) is 13.0 Å². The number of aliphatic hydroxyl groups is 1. The molecule has 0 saturated carbocycles. The zero-order valence-corrected chi connectivity index (χ0v) is 10.6. The Kier molecular flexibility index (Phi) is 6.83. The fraction of sp³-hybridized carbons (Fsp3) is 0.462. The van der Waals surface area contributed by atoms with Crippen LogP contribution in [0.1, 0.15) is 6.92 Å². The molecule has 100 valence electrons. The first-order chi connectivity index (χ1) is 8.68. The molecule has 0 radical (unpaired) electrons. The van der Waals surface area contributed by atoms with Crippen molar-refractivity contribution in [3.63, 3.8) is 0 Å². The number of nitrogens with one attached hydrogen (secondary N) is 2. The van der Waals surface area contributed by atoms with E-state index in [0.29, 0.717) is 25.4 Å². The molecule has 0 spiro atoms. The maximum atomic E-state index is 11.4. The zero-order valence-electron chi connectivity index (χ0n) is 10.6. The van der Waals surface area contributed by atoms with Crippen LogP contribution in [0.15, 0.2) is 30.3 Å². The summed E-state index contributed by atoms with van der Waals surface area (Å²) in [6, 6.07) is 9.20. The van der Waals surface area contributed by atoms with Crippen molar-refractivity contribution in [1.29, 1.82) is 0 Å². The van der Waals surface area contributed by atoms with Gasteiger partial charge in [-0.2, -0.15) is 0 Å². The molecule has 18 heavy (non-hydrogen) atoms. The molecule has 0 aliphatic heterocycles. The first-order valence-electron chi connectivity index (χ1n) is 6.02. The Hall–Kier alpha value is -1.59. The molecule has 1 amide bonds. The fourth-order valence-electron chi connectivity index (χ4n) is 1.32. The highest BCUT2D eigenvalue weighted by Crippen LogP contribution is 2.07. The lowest BCUT2D eigenvalue weighted by Gasteiger charge is -2.09. The first-order valence-corrected chi connectivity index (χ1v) is 6.02. The van der Waals surface area contributed by atoms with Gasteiger partial charge < -0.3 is 20.5 Å². The molecule has 3 N–H and O–H groups in total. The molecule has 0 aliphatic carbocycles. The van der Waals surface area contributed by atoms with Gasteiger partial charge in [0.15, 0.2) is 6.61 Å². The van der Waals surface area contributed by atoms with E-state index in [0.717, 1.165) is 0 Å². The van der Waals surface area contributed by atoms with Crippen LogP contribution in [-0.4, -0.2) is 43.4 Å². The highest BCUT2D eigenvalue weighted by molar-refractivity contribution is 5.77. The molecule has 5 heteroatoms. The summed E-state index contributed by atoms with van der Waals surface area (Å²) in [6.45, 7) is 3.39. The number of aliphatic hydroxyl groups excluding tert-OH is 1. The summed E-state index contributed by atoms with van der Waals surface area (Å²) in [4.78, 5) is 11.4.